The number of hydrogen-bond acceptors (Lipinski definition) is 7. The summed E-state index contributed by atoms with van der Waals surface area (Å²) < 4.78 is 29.1. The number of carbonyl (C=O) groups excluding carboxylic acids is 2. The number of nitrogens with zero attached hydrogens (tertiary/aromatic N) is 2. The summed E-state index contributed by atoms with van der Waals surface area (Å²) in [5, 5.41) is 6.43. The third-order valence-corrected chi connectivity index (χ3v) is 8.97. The molecule has 0 aromatic heterocycles. The fourth-order valence-electron chi connectivity index (χ4n) is 5.54. The molecule has 2 aliphatic heterocycles. The first-order chi connectivity index (χ1) is 19.2. The molecule has 2 saturated heterocycles. The third kappa shape index (κ3) is 8.36. The van der Waals surface area contributed by atoms with E-state index >= 15 is 0 Å². The van der Waals surface area contributed by atoms with E-state index in [4.69, 9.17) is 4.74 Å². The average Bonchev–Trinajstić information content (AvgIpc) is 2.97. The number of rotatable bonds is 11. The van der Waals surface area contributed by atoms with Gasteiger partial charge in [0.05, 0.1) is 24.0 Å². The van der Waals surface area contributed by atoms with Gasteiger partial charge in [-0.05, 0) is 49.4 Å². The van der Waals surface area contributed by atoms with Gasteiger partial charge in [-0.2, -0.15) is 0 Å². The minimum Gasteiger partial charge on any atom is -0.366 e. The molecular formula is C30H42N4O5S. The van der Waals surface area contributed by atoms with Gasteiger partial charge in [-0.3, -0.25) is 9.59 Å². The molecule has 0 aliphatic carbocycles. The predicted octanol–water partition coefficient (Wildman–Crippen LogP) is 2.18. The number of likely N-dealkylation sites (tertiary alicyclic amines) is 1. The minimum atomic E-state index is -3.26. The van der Waals surface area contributed by atoms with Gasteiger partial charge in [0.1, 0.15) is 6.10 Å². The van der Waals surface area contributed by atoms with Gasteiger partial charge in [0, 0.05) is 51.6 Å². The van der Waals surface area contributed by atoms with Gasteiger partial charge >= 0.3 is 0 Å². The van der Waals surface area contributed by atoms with Crippen LogP contribution in [0.5, 0.6) is 0 Å². The number of morpholine rings is 1. The lowest BCUT2D eigenvalue weighted by molar-refractivity contribution is -0.135. The van der Waals surface area contributed by atoms with E-state index in [-0.39, 0.29) is 35.2 Å². The number of carbonyl (C=O) groups is 2. The summed E-state index contributed by atoms with van der Waals surface area (Å²) in [4.78, 5) is 30.7. The van der Waals surface area contributed by atoms with E-state index in [1.165, 1.54) is 6.26 Å². The SMILES string of the molecule is CCN(C(=O)Cc1ccc(S(C)(=O)=O)cc1)C1CCN(CCC(NC(=O)C2CNCCO2)c2ccccc2)CC1. The van der Waals surface area contributed by atoms with Crippen molar-refractivity contribution < 1.29 is 22.7 Å². The van der Waals surface area contributed by atoms with E-state index in [9.17, 15) is 18.0 Å². The zero-order valence-corrected chi connectivity index (χ0v) is 24.4. The van der Waals surface area contributed by atoms with Crippen LogP contribution < -0.4 is 10.6 Å². The van der Waals surface area contributed by atoms with Gasteiger partial charge in [0.25, 0.3) is 5.91 Å². The molecule has 2 aromatic carbocycles. The highest BCUT2D eigenvalue weighted by Crippen LogP contribution is 2.22. The van der Waals surface area contributed by atoms with Crippen molar-refractivity contribution in [3.8, 4) is 0 Å². The van der Waals surface area contributed by atoms with Gasteiger partial charge < -0.3 is 25.2 Å². The number of sulfone groups is 1. The molecule has 2 N–H and O–H groups in total. The van der Waals surface area contributed by atoms with E-state index in [0.29, 0.717) is 19.7 Å². The minimum absolute atomic E-state index is 0.0688. The number of benzene rings is 2. The molecule has 2 amide bonds. The highest BCUT2D eigenvalue weighted by molar-refractivity contribution is 7.90. The summed E-state index contributed by atoms with van der Waals surface area (Å²) in [6, 6.07) is 16.7. The summed E-state index contributed by atoms with van der Waals surface area (Å²) in [5.41, 5.74) is 1.90. The normalized spacial score (nSPS) is 19.6. The van der Waals surface area contributed by atoms with Crippen LogP contribution in [0.3, 0.4) is 0 Å². The molecule has 0 spiro atoms. The molecule has 0 saturated carbocycles. The summed E-state index contributed by atoms with van der Waals surface area (Å²) in [5.74, 6) is -0.0119. The predicted molar refractivity (Wildman–Crippen MR) is 155 cm³/mol. The summed E-state index contributed by atoms with van der Waals surface area (Å²) in [6.45, 7) is 7.12. The Morgan fingerprint density at radius 1 is 1.10 bits per heavy atom. The first kappa shape index (κ1) is 30.2. The van der Waals surface area contributed by atoms with Crippen LogP contribution >= 0.6 is 0 Å². The molecule has 2 aliphatic rings. The fraction of sp³-hybridized carbons (Fsp3) is 0.533. The van der Waals surface area contributed by atoms with Crippen molar-refractivity contribution >= 4 is 21.7 Å². The molecule has 2 aromatic rings. The molecule has 9 nitrogen and oxygen atoms in total. The Balaban J connectivity index is 1.28. The summed E-state index contributed by atoms with van der Waals surface area (Å²) in [6.07, 6.45) is 3.57. The number of hydrogen-bond donors (Lipinski definition) is 2. The van der Waals surface area contributed by atoms with Gasteiger partial charge in [0.15, 0.2) is 9.84 Å². The maximum Gasteiger partial charge on any atom is 0.250 e. The Labute approximate surface area is 238 Å². The van der Waals surface area contributed by atoms with Crippen LogP contribution in [0.25, 0.3) is 0 Å². The van der Waals surface area contributed by atoms with Crippen LogP contribution in [0.4, 0.5) is 0 Å². The van der Waals surface area contributed by atoms with Gasteiger partial charge in [-0.25, -0.2) is 8.42 Å². The first-order valence-electron chi connectivity index (χ1n) is 14.2. The van der Waals surface area contributed by atoms with Gasteiger partial charge in [0.2, 0.25) is 5.91 Å². The van der Waals surface area contributed by atoms with Crippen molar-refractivity contribution in [3.63, 3.8) is 0 Å². The smallest absolute Gasteiger partial charge is 0.250 e. The lowest BCUT2D eigenvalue weighted by Crippen LogP contribution is -2.49. The van der Waals surface area contributed by atoms with Crippen LogP contribution in [0.15, 0.2) is 59.5 Å². The molecule has 4 rings (SSSR count). The van der Waals surface area contributed by atoms with Gasteiger partial charge in [-0.15, -0.1) is 0 Å². The molecule has 218 valence electrons. The molecule has 2 atom stereocenters. The molecule has 10 heteroatoms. The Bertz CT molecular complexity index is 1210. The van der Waals surface area contributed by atoms with Crippen LogP contribution in [0.2, 0.25) is 0 Å². The van der Waals surface area contributed by atoms with E-state index in [1.807, 2.05) is 30.0 Å². The fourth-order valence-corrected chi connectivity index (χ4v) is 6.17. The summed E-state index contributed by atoms with van der Waals surface area (Å²) in [7, 11) is -3.26. The monoisotopic (exact) mass is 570 g/mol. The zero-order valence-electron chi connectivity index (χ0n) is 23.6. The topological polar surface area (TPSA) is 108 Å². The molecule has 2 fully saturated rings. The highest BCUT2D eigenvalue weighted by Gasteiger charge is 2.29. The van der Waals surface area contributed by atoms with E-state index in [2.05, 4.69) is 27.7 Å². The molecule has 2 unspecified atom stereocenters. The van der Waals surface area contributed by atoms with Crippen LogP contribution in [0.1, 0.15) is 43.4 Å². The van der Waals surface area contributed by atoms with E-state index < -0.39 is 15.9 Å². The van der Waals surface area contributed by atoms with Crippen LogP contribution in [-0.4, -0.2) is 94.3 Å². The van der Waals surface area contributed by atoms with Crippen molar-refractivity contribution in [2.45, 2.75) is 55.7 Å². The molecule has 0 radical (unpaired) electrons. The molecular weight excluding hydrogens is 528 g/mol. The maximum absolute atomic E-state index is 13.2. The quantitative estimate of drug-likeness (QED) is 0.426. The van der Waals surface area contributed by atoms with Crippen molar-refractivity contribution in [1.82, 2.24) is 20.4 Å². The average molecular weight is 571 g/mol. The second kappa shape index (κ2) is 14.2. The van der Waals surface area contributed by atoms with Crippen molar-refractivity contribution in [2.24, 2.45) is 0 Å². The van der Waals surface area contributed by atoms with E-state index in [0.717, 1.165) is 56.6 Å². The number of amides is 2. The lowest BCUT2D eigenvalue weighted by Gasteiger charge is -2.38. The second-order valence-corrected chi connectivity index (χ2v) is 12.7. The van der Waals surface area contributed by atoms with Crippen molar-refractivity contribution in [2.75, 3.05) is 52.1 Å². The second-order valence-electron chi connectivity index (χ2n) is 10.7. The molecule has 0 bridgehead atoms. The Hall–Kier alpha value is -2.79. The van der Waals surface area contributed by atoms with E-state index in [1.54, 1.807) is 24.3 Å². The molecule has 40 heavy (non-hydrogen) atoms. The number of piperidine rings is 1. The Morgan fingerprint density at radius 3 is 2.40 bits per heavy atom. The standard InChI is InChI=1S/C30H42N4O5S/c1-3-34(29(35)21-23-9-11-26(12-10-23)40(2,37)38)25-13-17-33(18-14-25)19-15-27(24-7-5-4-6-8-24)32-30(36)28-22-31-16-20-39-28/h4-12,25,27-28,31H,3,13-22H2,1-2H3,(H,32,36). The van der Waals surface area contributed by atoms with Gasteiger partial charge in [-0.1, -0.05) is 42.5 Å². The Morgan fingerprint density at radius 2 is 1.80 bits per heavy atom. The first-order valence-corrected chi connectivity index (χ1v) is 16.1. The highest BCUT2D eigenvalue weighted by atomic mass is 32.2. The lowest BCUT2D eigenvalue weighted by atomic mass is 9.99. The number of ether oxygens (including phenoxy) is 1. The molecule has 2 heterocycles. The zero-order chi connectivity index (χ0) is 28.5. The largest absolute Gasteiger partial charge is 0.366 e. The van der Waals surface area contributed by atoms with Crippen molar-refractivity contribution in [3.05, 3.63) is 65.7 Å². The Kier molecular flexibility index (Phi) is 10.7. The maximum atomic E-state index is 13.2. The summed E-state index contributed by atoms with van der Waals surface area (Å²) >= 11 is 0. The van der Waals surface area contributed by atoms with Crippen LogP contribution in [0, 0.1) is 0 Å². The number of nitrogens with one attached hydrogen (secondary N) is 2. The number of likely N-dealkylation sites (N-methyl/N-ethyl adjacent to an activating group) is 1. The third-order valence-electron chi connectivity index (χ3n) is 7.84. The van der Waals surface area contributed by atoms with Crippen LogP contribution in [-0.2, 0) is 30.6 Å². The van der Waals surface area contributed by atoms with Crippen molar-refractivity contribution in [1.29, 1.82) is 0 Å².